The monoisotopic (exact) mass is 369 g/mol. The fourth-order valence-electron chi connectivity index (χ4n) is 1.86. The normalized spacial score (nSPS) is 11.0. The minimum atomic E-state index is -0.295. The van der Waals surface area contributed by atoms with Crippen LogP contribution in [0.3, 0.4) is 0 Å². The molecule has 2 aromatic heterocycles. The summed E-state index contributed by atoms with van der Waals surface area (Å²) in [5.41, 5.74) is 0.786. The molecule has 0 aliphatic carbocycles. The maximum absolute atomic E-state index is 11.6. The van der Waals surface area contributed by atoms with Crippen molar-refractivity contribution in [1.29, 1.82) is 0 Å². The van der Waals surface area contributed by atoms with E-state index in [4.69, 9.17) is 4.74 Å². The lowest BCUT2D eigenvalue weighted by atomic mass is 10.4. The van der Waals surface area contributed by atoms with E-state index in [-0.39, 0.29) is 12.2 Å². The van der Waals surface area contributed by atoms with Gasteiger partial charge in [-0.05, 0) is 48.3 Å². The predicted molar refractivity (Wildman–Crippen MR) is 88.0 cm³/mol. The first-order chi connectivity index (χ1) is 10.5. The number of hydrogen-bond acceptors (Lipinski definition) is 5. The minimum absolute atomic E-state index is 0.0994. The summed E-state index contributed by atoms with van der Waals surface area (Å²) in [5.74, 6) is 0.763. The summed E-state index contributed by atoms with van der Waals surface area (Å²) in [6, 6.07) is 3.78. The fraction of sp³-hybridized carbons (Fsp3) is 0.500. The number of hydrogen-bond donors (Lipinski definition) is 1. The summed E-state index contributed by atoms with van der Waals surface area (Å²) in [6.07, 6.45) is 2.12. The summed E-state index contributed by atoms with van der Waals surface area (Å²) < 4.78 is 7.64. The fourth-order valence-corrected chi connectivity index (χ4v) is 2.22. The molecule has 0 bridgehead atoms. The standard InChI is InChI=1S/C14H20BrN5O2/c1-10(2)22-14(21)19(3)8-4-7-16-12-5-6-13-17-9-11(15)20(13)18-12/h5-6,9-10H,4,7-8H2,1-3H3,(H,16,18). The molecule has 0 fully saturated rings. The minimum Gasteiger partial charge on any atom is -0.447 e. The molecule has 0 saturated heterocycles. The summed E-state index contributed by atoms with van der Waals surface area (Å²) in [7, 11) is 1.73. The summed E-state index contributed by atoms with van der Waals surface area (Å²) >= 11 is 3.39. The van der Waals surface area contributed by atoms with Crippen LogP contribution in [-0.2, 0) is 4.74 Å². The molecule has 1 N–H and O–H groups in total. The van der Waals surface area contributed by atoms with Gasteiger partial charge in [0.05, 0.1) is 12.3 Å². The van der Waals surface area contributed by atoms with E-state index in [1.165, 1.54) is 0 Å². The third kappa shape index (κ3) is 4.33. The Labute approximate surface area is 137 Å². The van der Waals surface area contributed by atoms with Gasteiger partial charge in [-0.1, -0.05) is 0 Å². The zero-order valence-corrected chi connectivity index (χ0v) is 14.5. The van der Waals surface area contributed by atoms with Gasteiger partial charge in [-0.15, -0.1) is 5.10 Å². The van der Waals surface area contributed by atoms with Crippen molar-refractivity contribution in [2.24, 2.45) is 0 Å². The highest BCUT2D eigenvalue weighted by atomic mass is 79.9. The highest BCUT2D eigenvalue weighted by molar-refractivity contribution is 9.10. The molecule has 2 rings (SSSR count). The molecule has 7 nitrogen and oxygen atoms in total. The van der Waals surface area contributed by atoms with E-state index in [0.717, 1.165) is 22.5 Å². The largest absolute Gasteiger partial charge is 0.447 e. The van der Waals surface area contributed by atoms with E-state index in [1.54, 1.807) is 22.7 Å². The van der Waals surface area contributed by atoms with Crippen molar-refractivity contribution in [3.05, 3.63) is 22.9 Å². The number of rotatable bonds is 6. The Kier molecular flexibility index (Phi) is 5.59. The molecular formula is C14H20BrN5O2. The quantitative estimate of drug-likeness (QED) is 0.792. The molecule has 0 saturated carbocycles. The molecule has 0 atom stereocenters. The molecule has 0 aliphatic rings. The van der Waals surface area contributed by atoms with Crippen LogP contribution in [0, 0.1) is 0 Å². The Morgan fingerprint density at radius 2 is 2.27 bits per heavy atom. The lowest BCUT2D eigenvalue weighted by Gasteiger charge is -2.18. The van der Waals surface area contributed by atoms with Crippen molar-refractivity contribution in [1.82, 2.24) is 19.5 Å². The van der Waals surface area contributed by atoms with Crippen LogP contribution in [0.15, 0.2) is 22.9 Å². The average Bonchev–Trinajstić information content (AvgIpc) is 2.84. The summed E-state index contributed by atoms with van der Waals surface area (Å²) in [4.78, 5) is 17.4. The molecule has 0 radical (unpaired) electrons. The average molecular weight is 370 g/mol. The number of nitrogens with one attached hydrogen (secondary N) is 1. The number of anilines is 1. The lowest BCUT2D eigenvalue weighted by Crippen LogP contribution is -2.31. The topological polar surface area (TPSA) is 71.8 Å². The summed E-state index contributed by atoms with van der Waals surface area (Å²) in [6.45, 7) is 5.01. The second-order valence-electron chi connectivity index (χ2n) is 5.20. The zero-order valence-electron chi connectivity index (χ0n) is 12.9. The first-order valence-corrected chi connectivity index (χ1v) is 7.92. The lowest BCUT2D eigenvalue weighted by molar-refractivity contribution is 0.0840. The van der Waals surface area contributed by atoms with Crippen LogP contribution in [0.2, 0.25) is 0 Å². The Hall–Kier alpha value is -1.83. The Bertz CT molecular complexity index is 643. The predicted octanol–water partition coefficient (Wildman–Crippen LogP) is 2.77. The van der Waals surface area contributed by atoms with E-state index >= 15 is 0 Å². The first kappa shape index (κ1) is 16.5. The Morgan fingerprint density at radius 3 is 3.00 bits per heavy atom. The van der Waals surface area contributed by atoms with Crippen LogP contribution >= 0.6 is 15.9 Å². The first-order valence-electron chi connectivity index (χ1n) is 7.13. The van der Waals surface area contributed by atoms with Gasteiger partial charge in [0.15, 0.2) is 5.65 Å². The van der Waals surface area contributed by atoms with Crippen LogP contribution in [0.25, 0.3) is 5.65 Å². The van der Waals surface area contributed by atoms with Gasteiger partial charge < -0.3 is 15.0 Å². The van der Waals surface area contributed by atoms with Crippen LogP contribution in [0.4, 0.5) is 10.6 Å². The third-order valence-corrected chi connectivity index (χ3v) is 3.49. The number of aromatic nitrogens is 3. The zero-order chi connectivity index (χ0) is 16.1. The van der Waals surface area contributed by atoms with Crippen LogP contribution in [0.5, 0.6) is 0 Å². The van der Waals surface area contributed by atoms with E-state index < -0.39 is 0 Å². The van der Waals surface area contributed by atoms with Gasteiger partial charge in [-0.2, -0.15) is 0 Å². The van der Waals surface area contributed by atoms with E-state index in [1.807, 2.05) is 26.0 Å². The van der Waals surface area contributed by atoms with Gasteiger partial charge in [-0.3, -0.25) is 0 Å². The molecule has 1 amide bonds. The Morgan fingerprint density at radius 1 is 1.50 bits per heavy atom. The number of carbonyl (C=O) groups excluding carboxylic acids is 1. The second-order valence-corrected chi connectivity index (χ2v) is 6.02. The van der Waals surface area contributed by atoms with E-state index in [0.29, 0.717) is 13.1 Å². The molecule has 0 aromatic carbocycles. The van der Waals surface area contributed by atoms with Crippen molar-refractivity contribution in [2.45, 2.75) is 26.4 Å². The highest BCUT2D eigenvalue weighted by Gasteiger charge is 2.11. The molecular weight excluding hydrogens is 350 g/mol. The van der Waals surface area contributed by atoms with Gasteiger partial charge >= 0.3 is 6.09 Å². The molecule has 8 heteroatoms. The second kappa shape index (κ2) is 7.44. The van der Waals surface area contributed by atoms with Crippen molar-refractivity contribution in [3.8, 4) is 0 Å². The number of ether oxygens (including phenoxy) is 1. The van der Waals surface area contributed by atoms with Gasteiger partial charge in [0.25, 0.3) is 0 Å². The number of carbonyl (C=O) groups is 1. The highest BCUT2D eigenvalue weighted by Crippen LogP contribution is 2.13. The number of imidazole rings is 1. The molecule has 2 aromatic rings. The number of fused-ring (bicyclic) bond motifs is 1. The van der Waals surface area contributed by atoms with Crippen molar-refractivity contribution >= 4 is 33.5 Å². The molecule has 0 aliphatic heterocycles. The van der Waals surface area contributed by atoms with E-state index in [9.17, 15) is 4.79 Å². The molecule has 0 unspecified atom stereocenters. The number of nitrogens with zero attached hydrogens (tertiary/aromatic N) is 4. The molecule has 22 heavy (non-hydrogen) atoms. The van der Waals surface area contributed by atoms with Crippen molar-refractivity contribution in [2.75, 3.05) is 25.5 Å². The van der Waals surface area contributed by atoms with Crippen molar-refractivity contribution in [3.63, 3.8) is 0 Å². The van der Waals surface area contributed by atoms with Crippen LogP contribution in [0.1, 0.15) is 20.3 Å². The maximum Gasteiger partial charge on any atom is 0.409 e. The SMILES string of the molecule is CC(C)OC(=O)N(C)CCCNc1ccc2ncc(Br)n2n1. The smallest absolute Gasteiger partial charge is 0.409 e. The van der Waals surface area contributed by atoms with Gasteiger partial charge in [0.1, 0.15) is 10.4 Å². The molecule has 0 spiro atoms. The van der Waals surface area contributed by atoms with Gasteiger partial charge in [0, 0.05) is 20.1 Å². The van der Waals surface area contributed by atoms with Crippen molar-refractivity contribution < 1.29 is 9.53 Å². The van der Waals surface area contributed by atoms with Gasteiger partial charge in [0.2, 0.25) is 0 Å². The summed E-state index contributed by atoms with van der Waals surface area (Å²) in [5, 5.41) is 7.65. The maximum atomic E-state index is 11.6. The van der Waals surface area contributed by atoms with Crippen LogP contribution < -0.4 is 5.32 Å². The molecule has 120 valence electrons. The van der Waals surface area contributed by atoms with Gasteiger partial charge in [-0.25, -0.2) is 14.3 Å². The number of halogens is 1. The number of amides is 1. The van der Waals surface area contributed by atoms with E-state index in [2.05, 4.69) is 31.3 Å². The molecule has 2 heterocycles. The Balaban J connectivity index is 1.78. The van der Waals surface area contributed by atoms with Crippen LogP contribution in [-0.4, -0.2) is 51.8 Å². The third-order valence-electron chi connectivity index (χ3n) is 2.95.